The second-order valence-electron chi connectivity index (χ2n) is 4.28. The van der Waals surface area contributed by atoms with Crippen molar-refractivity contribution in [3.8, 4) is 5.69 Å². The predicted octanol–water partition coefficient (Wildman–Crippen LogP) is 2.83. The number of aromatic carboxylic acids is 1. The summed E-state index contributed by atoms with van der Waals surface area (Å²) < 4.78 is 14.8. The van der Waals surface area contributed by atoms with Gasteiger partial charge in [0.1, 0.15) is 11.6 Å². The molecular weight excluding hydrogens is 235 g/mol. The third-order valence-electron chi connectivity index (χ3n) is 2.63. The second kappa shape index (κ2) is 4.60. The van der Waals surface area contributed by atoms with Crippen molar-refractivity contribution in [1.29, 1.82) is 0 Å². The van der Waals surface area contributed by atoms with Crippen molar-refractivity contribution in [2.24, 2.45) is 0 Å². The van der Waals surface area contributed by atoms with E-state index in [1.54, 1.807) is 17.0 Å². The van der Waals surface area contributed by atoms with Gasteiger partial charge in [-0.3, -0.25) is 0 Å². The Morgan fingerprint density at radius 3 is 2.78 bits per heavy atom. The Bertz CT molecular complexity index is 590. The number of benzene rings is 1. The zero-order valence-corrected chi connectivity index (χ0v) is 10.1. The van der Waals surface area contributed by atoms with Crippen LogP contribution < -0.4 is 0 Å². The first kappa shape index (κ1) is 12.3. The van der Waals surface area contributed by atoms with E-state index in [1.165, 1.54) is 12.1 Å². The summed E-state index contributed by atoms with van der Waals surface area (Å²) in [5.74, 6) is -0.842. The fourth-order valence-corrected chi connectivity index (χ4v) is 1.84. The van der Waals surface area contributed by atoms with Crippen molar-refractivity contribution in [3.05, 3.63) is 47.8 Å². The van der Waals surface area contributed by atoms with E-state index in [0.29, 0.717) is 5.69 Å². The molecule has 0 fully saturated rings. The topological polar surface area (TPSA) is 55.1 Å². The Labute approximate surface area is 104 Å². The molecule has 94 valence electrons. The van der Waals surface area contributed by atoms with Crippen LogP contribution in [0.2, 0.25) is 0 Å². The van der Waals surface area contributed by atoms with Crippen LogP contribution in [-0.4, -0.2) is 20.6 Å². The summed E-state index contributed by atoms with van der Waals surface area (Å²) in [7, 11) is 0. The van der Waals surface area contributed by atoms with Crippen molar-refractivity contribution in [2.45, 2.75) is 19.8 Å². The first-order valence-electron chi connectivity index (χ1n) is 5.57. The minimum absolute atomic E-state index is 0.0742. The van der Waals surface area contributed by atoms with E-state index in [0.717, 1.165) is 11.9 Å². The minimum atomic E-state index is -1.16. The van der Waals surface area contributed by atoms with Gasteiger partial charge in [-0.1, -0.05) is 13.8 Å². The van der Waals surface area contributed by atoms with Crippen LogP contribution in [0.1, 0.15) is 35.9 Å². The van der Waals surface area contributed by atoms with Gasteiger partial charge >= 0.3 is 5.97 Å². The fraction of sp³-hybridized carbons (Fsp3) is 0.231. The van der Waals surface area contributed by atoms with E-state index < -0.39 is 11.8 Å². The third kappa shape index (κ3) is 2.11. The molecule has 0 saturated heterocycles. The van der Waals surface area contributed by atoms with Crippen molar-refractivity contribution in [1.82, 2.24) is 9.55 Å². The summed E-state index contributed by atoms with van der Waals surface area (Å²) in [6.07, 6.45) is 3.28. The molecule has 18 heavy (non-hydrogen) atoms. The van der Waals surface area contributed by atoms with E-state index in [9.17, 15) is 9.18 Å². The van der Waals surface area contributed by atoms with Gasteiger partial charge in [-0.2, -0.15) is 0 Å². The van der Waals surface area contributed by atoms with E-state index in [-0.39, 0.29) is 11.5 Å². The lowest BCUT2D eigenvalue weighted by Crippen LogP contribution is -2.09. The van der Waals surface area contributed by atoms with Crippen LogP contribution in [-0.2, 0) is 0 Å². The van der Waals surface area contributed by atoms with Crippen molar-refractivity contribution in [2.75, 3.05) is 0 Å². The minimum Gasteiger partial charge on any atom is -0.478 e. The number of aromatic nitrogens is 2. The van der Waals surface area contributed by atoms with E-state index in [2.05, 4.69) is 4.98 Å². The average Bonchev–Trinajstić information content (AvgIpc) is 2.77. The zero-order valence-electron chi connectivity index (χ0n) is 10.1. The lowest BCUT2D eigenvalue weighted by atomic mass is 10.1. The number of halogens is 1. The number of carboxylic acid groups (broad SMARTS) is 1. The molecule has 0 saturated carbocycles. The molecule has 0 bridgehead atoms. The van der Waals surface area contributed by atoms with Gasteiger partial charge in [-0.25, -0.2) is 14.2 Å². The van der Waals surface area contributed by atoms with Gasteiger partial charge in [0.25, 0.3) is 0 Å². The summed E-state index contributed by atoms with van der Waals surface area (Å²) >= 11 is 0. The Balaban J connectivity index is 2.63. The average molecular weight is 248 g/mol. The molecule has 0 spiro atoms. The molecule has 4 nitrogen and oxygen atoms in total. The number of carboxylic acids is 1. The molecule has 0 aliphatic rings. The number of carbonyl (C=O) groups is 1. The van der Waals surface area contributed by atoms with Gasteiger partial charge in [0, 0.05) is 18.3 Å². The molecule has 2 aromatic rings. The van der Waals surface area contributed by atoms with Crippen LogP contribution in [0, 0.1) is 5.82 Å². The maximum atomic E-state index is 13.1. The maximum Gasteiger partial charge on any atom is 0.337 e. The Kier molecular flexibility index (Phi) is 3.14. The lowest BCUT2D eigenvalue weighted by Gasteiger charge is -2.12. The highest BCUT2D eigenvalue weighted by Gasteiger charge is 2.16. The van der Waals surface area contributed by atoms with Crippen LogP contribution in [0.4, 0.5) is 4.39 Å². The Morgan fingerprint density at radius 2 is 2.17 bits per heavy atom. The van der Waals surface area contributed by atoms with Crippen LogP contribution in [0.25, 0.3) is 5.69 Å². The third-order valence-corrected chi connectivity index (χ3v) is 2.63. The van der Waals surface area contributed by atoms with Crippen LogP contribution >= 0.6 is 0 Å². The molecule has 0 amide bonds. The number of hydrogen-bond donors (Lipinski definition) is 1. The molecule has 1 aromatic carbocycles. The van der Waals surface area contributed by atoms with E-state index in [4.69, 9.17) is 5.11 Å². The molecule has 2 rings (SSSR count). The highest BCUT2D eigenvalue weighted by Crippen LogP contribution is 2.21. The summed E-state index contributed by atoms with van der Waals surface area (Å²) in [6, 6.07) is 3.71. The standard InChI is InChI=1S/C13H13FN2O2/c1-8(2)12-15-5-6-16(12)11-4-3-9(14)7-10(11)13(17)18/h3-8H,1-2H3,(H,17,18). The van der Waals surface area contributed by atoms with Crippen molar-refractivity contribution >= 4 is 5.97 Å². The first-order valence-corrected chi connectivity index (χ1v) is 5.57. The molecule has 5 heteroatoms. The van der Waals surface area contributed by atoms with Crippen LogP contribution in [0.5, 0.6) is 0 Å². The molecular formula is C13H13FN2O2. The molecule has 1 aromatic heterocycles. The number of hydrogen-bond acceptors (Lipinski definition) is 2. The summed E-state index contributed by atoms with van der Waals surface area (Å²) in [5, 5.41) is 9.12. The molecule has 0 aliphatic heterocycles. The zero-order chi connectivity index (χ0) is 13.3. The normalized spacial score (nSPS) is 10.9. The summed E-state index contributed by atoms with van der Waals surface area (Å²) in [6.45, 7) is 3.92. The number of nitrogens with zero attached hydrogens (tertiary/aromatic N) is 2. The molecule has 1 heterocycles. The monoisotopic (exact) mass is 248 g/mol. The number of rotatable bonds is 3. The SMILES string of the molecule is CC(C)c1nccn1-c1ccc(F)cc1C(=O)O. The lowest BCUT2D eigenvalue weighted by molar-refractivity contribution is 0.0696. The fourth-order valence-electron chi connectivity index (χ4n) is 1.84. The van der Waals surface area contributed by atoms with Gasteiger partial charge in [-0.15, -0.1) is 0 Å². The highest BCUT2D eigenvalue weighted by atomic mass is 19.1. The molecule has 1 N–H and O–H groups in total. The summed E-state index contributed by atoms with van der Waals surface area (Å²) in [5.41, 5.74) is 0.347. The Hall–Kier alpha value is -2.17. The maximum absolute atomic E-state index is 13.1. The van der Waals surface area contributed by atoms with Gasteiger partial charge in [0.2, 0.25) is 0 Å². The number of imidazole rings is 1. The van der Waals surface area contributed by atoms with Gasteiger partial charge in [0.15, 0.2) is 0 Å². The second-order valence-corrected chi connectivity index (χ2v) is 4.28. The van der Waals surface area contributed by atoms with Crippen LogP contribution in [0.15, 0.2) is 30.6 Å². The Morgan fingerprint density at radius 1 is 1.44 bits per heavy atom. The van der Waals surface area contributed by atoms with Gasteiger partial charge in [-0.05, 0) is 18.2 Å². The molecule has 0 unspecified atom stereocenters. The van der Waals surface area contributed by atoms with Gasteiger partial charge < -0.3 is 9.67 Å². The smallest absolute Gasteiger partial charge is 0.337 e. The molecule has 0 aliphatic carbocycles. The van der Waals surface area contributed by atoms with Crippen LogP contribution in [0.3, 0.4) is 0 Å². The predicted molar refractivity (Wildman–Crippen MR) is 64.6 cm³/mol. The van der Waals surface area contributed by atoms with Crippen molar-refractivity contribution in [3.63, 3.8) is 0 Å². The first-order chi connectivity index (χ1) is 8.50. The van der Waals surface area contributed by atoms with Gasteiger partial charge in [0.05, 0.1) is 11.3 Å². The quantitative estimate of drug-likeness (QED) is 0.908. The largest absolute Gasteiger partial charge is 0.478 e. The van der Waals surface area contributed by atoms with E-state index >= 15 is 0 Å². The van der Waals surface area contributed by atoms with Crippen molar-refractivity contribution < 1.29 is 14.3 Å². The van der Waals surface area contributed by atoms with E-state index in [1.807, 2.05) is 13.8 Å². The molecule has 0 atom stereocenters. The molecule has 0 radical (unpaired) electrons. The summed E-state index contributed by atoms with van der Waals surface area (Å²) in [4.78, 5) is 15.3. The highest BCUT2D eigenvalue weighted by molar-refractivity contribution is 5.92.